The zero-order valence-electron chi connectivity index (χ0n) is 11.8. The van der Waals surface area contributed by atoms with Crippen LogP contribution in [0, 0.1) is 20.8 Å². The minimum absolute atomic E-state index is 0.0293. The fourth-order valence-electron chi connectivity index (χ4n) is 1.87. The van der Waals surface area contributed by atoms with Gasteiger partial charge in [0.1, 0.15) is 0 Å². The van der Waals surface area contributed by atoms with Gasteiger partial charge in [0.25, 0.3) is 0 Å². The molecule has 0 atom stereocenters. The predicted octanol–water partition coefficient (Wildman–Crippen LogP) is 1.98. The van der Waals surface area contributed by atoms with E-state index in [0.29, 0.717) is 25.2 Å². The number of carbonyl (C=O) groups is 1. The Hall–Kier alpha value is -1.89. The molecule has 0 aliphatic carbocycles. The van der Waals surface area contributed by atoms with E-state index in [9.17, 15) is 9.59 Å². The lowest BCUT2D eigenvalue weighted by Crippen LogP contribution is -2.17. The number of thiazole rings is 1. The van der Waals surface area contributed by atoms with E-state index in [4.69, 9.17) is 0 Å². The third-order valence-corrected chi connectivity index (χ3v) is 4.15. The van der Waals surface area contributed by atoms with Gasteiger partial charge in [-0.2, -0.15) is 5.10 Å². The van der Waals surface area contributed by atoms with Crippen LogP contribution in [0.2, 0.25) is 0 Å². The number of aryl methyl sites for hydroxylation is 2. The van der Waals surface area contributed by atoms with Crippen molar-refractivity contribution in [3.8, 4) is 0 Å². The van der Waals surface area contributed by atoms with Crippen LogP contribution in [0.1, 0.15) is 29.8 Å². The first-order chi connectivity index (χ1) is 9.49. The van der Waals surface area contributed by atoms with Gasteiger partial charge in [0.2, 0.25) is 5.91 Å². The van der Waals surface area contributed by atoms with Gasteiger partial charge in [-0.25, -0.2) is 0 Å². The maximum Gasteiger partial charge on any atom is 0.307 e. The van der Waals surface area contributed by atoms with Crippen LogP contribution in [-0.2, 0) is 11.3 Å². The van der Waals surface area contributed by atoms with Crippen molar-refractivity contribution >= 4 is 23.1 Å². The third-order valence-electron chi connectivity index (χ3n) is 3.27. The number of nitrogens with one attached hydrogen (secondary N) is 2. The maximum absolute atomic E-state index is 11.8. The van der Waals surface area contributed by atoms with Crippen LogP contribution >= 0.6 is 11.3 Å². The van der Waals surface area contributed by atoms with Gasteiger partial charge in [0, 0.05) is 35.3 Å². The number of rotatable bonds is 5. The Kier molecular flexibility index (Phi) is 4.39. The second-order valence-corrected chi connectivity index (χ2v) is 5.59. The maximum atomic E-state index is 11.8. The molecule has 7 heteroatoms. The molecule has 0 unspecified atom stereocenters. The van der Waals surface area contributed by atoms with Crippen molar-refractivity contribution in [1.82, 2.24) is 14.8 Å². The summed E-state index contributed by atoms with van der Waals surface area (Å²) in [6.07, 6.45) is 0.999. The third kappa shape index (κ3) is 3.16. The first kappa shape index (κ1) is 14.5. The average Bonchev–Trinajstić information content (AvgIpc) is 2.88. The molecule has 0 fully saturated rings. The largest absolute Gasteiger partial charge is 0.309 e. The van der Waals surface area contributed by atoms with Gasteiger partial charge in [-0.05, 0) is 27.2 Å². The molecule has 0 aliphatic rings. The fourth-order valence-corrected chi connectivity index (χ4v) is 2.63. The van der Waals surface area contributed by atoms with Gasteiger partial charge in [-0.3, -0.25) is 14.7 Å². The molecule has 1 amide bonds. The Morgan fingerprint density at radius 2 is 2.20 bits per heavy atom. The monoisotopic (exact) mass is 294 g/mol. The molecule has 108 valence electrons. The van der Waals surface area contributed by atoms with Crippen molar-refractivity contribution in [2.45, 2.75) is 40.2 Å². The van der Waals surface area contributed by atoms with Gasteiger partial charge in [0.15, 0.2) is 5.82 Å². The highest BCUT2D eigenvalue weighted by Crippen LogP contribution is 2.14. The topological polar surface area (TPSA) is 79.8 Å². The second-order valence-electron chi connectivity index (χ2n) is 4.77. The minimum Gasteiger partial charge on any atom is -0.309 e. The van der Waals surface area contributed by atoms with Crippen LogP contribution in [0.3, 0.4) is 0 Å². The number of hydrogen-bond acceptors (Lipinski definition) is 4. The average molecular weight is 294 g/mol. The predicted molar refractivity (Wildman–Crippen MR) is 79.2 cm³/mol. The first-order valence-corrected chi connectivity index (χ1v) is 7.33. The number of hydrogen-bond donors (Lipinski definition) is 2. The molecule has 2 aromatic heterocycles. The van der Waals surface area contributed by atoms with E-state index in [0.717, 1.165) is 17.0 Å². The minimum atomic E-state index is -0.0828. The summed E-state index contributed by atoms with van der Waals surface area (Å²) >= 11 is 1.19. The van der Waals surface area contributed by atoms with E-state index in [-0.39, 0.29) is 10.8 Å². The molecule has 20 heavy (non-hydrogen) atoms. The summed E-state index contributed by atoms with van der Waals surface area (Å²) in [4.78, 5) is 23.4. The van der Waals surface area contributed by atoms with Gasteiger partial charge in [-0.1, -0.05) is 11.3 Å². The lowest BCUT2D eigenvalue weighted by atomic mass is 10.2. The molecular weight excluding hydrogens is 276 g/mol. The molecular formula is C13H18N4O2S. The molecule has 2 aromatic rings. The van der Waals surface area contributed by atoms with Crippen LogP contribution in [0.4, 0.5) is 5.82 Å². The smallest absolute Gasteiger partial charge is 0.307 e. The van der Waals surface area contributed by atoms with Crippen molar-refractivity contribution in [2.24, 2.45) is 0 Å². The molecule has 2 heterocycles. The zero-order chi connectivity index (χ0) is 14.7. The van der Waals surface area contributed by atoms with Crippen molar-refractivity contribution in [3.05, 3.63) is 32.0 Å². The normalized spacial score (nSPS) is 10.8. The SMILES string of the molecule is Cc1[nH]nc(NC(=O)CCCn2c(C)csc2=O)c1C. The van der Waals surface area contributed by atoms with E-state index in [1.165, 1.54) is 11.3 Å². The van der Waals surface area contributed by atoms with Gasteiger partial charge >= 0.3 is 4.87 Å². The van der Waals surface area contributed by atoms with E-state index in [2.05, 4.69) is 15.5 Å². The number of aromatic amines is 1. The van der Waals surface area contributed by atoms with E-state index in [1.54, 1.807) is 4.57 Å². The fraction of sp³-hybridized carbons (Fsp3) is 0.462. The molecule has 0 aliphatic heterocycles. The molecule has 6 nitrogen and oxygen atoms in total. The molecule has 0 radical (unpaired) electrons. The van der Waals surface area contributed by atoms with Crippen LogP contribution in [0.15, 0.2) is 10.2 Å². The van der Waals surface area contributed by atoms with Gasteiger partial charge in [0.05, 0.1) is 0 Å². The number of aromatic nitrogens is 3. The van der Waals surface area contributed by atoms with Crippen LogP contribution in [-0.4, -0.2) is 20.7 Å². The molecule has 0 saturated carbocycles. The van der Waals surface area contributed by atoms with Crippen molar-refractivity contribution in [1.29, 1.82) is 0 Å². The summed E-state index contributed by atoms with van der Waals surface area (Å²) in [7, 11) is 0. The Morgan fingerprint density at radius 1 is 1.45 bits per heavy atom. The second kappa shape index (κ2) is 6.04. The Labute approximate surface area is 120 Å². The zero-order valence-corrected chi connectivity index (χ0v) is 12.6. The Morgan fingerprint density at radius 3 is 2.75 bits per heavy atom. The number of H-pyrrole nitrogens is 1. The van der Waals surface area contributed by atoms with E-state index < -0.39 is 0 Å². The molecule has 0 saturated heterocycles. The highest BCUT2D eigenvalue weighted by molar-refractivity contribution is 7.07. The lowest BCUT2D eigenvalue weighted by molar-refractivity contribution is -0.116. The number of carbonyl (C=O) groups excluding carboxylic acids is 1. The molecule has 0 bridgehead atoms. The summed E-state index contributed by atoms with van der Waals surface area (Å²) in [5, 5.41) is 11.5. The lowest BCUT2D eigenvalue weighted by Gasteiger charge is -2.05. The van der Waals surface area contributed by atoms with Crippen LogP contribution in [0.5, 0.6) is 0 Å². The summed E-state index contributed by atoms with van der Waals surface area (Å²) in [5.41, 5.74) is 2.84. The number of amides is 1. The Bertz CT molecular complexity index is 668. The van der Waals surface area contributed by atoms with Crippen molar-refractivity contribution in [3.63, 3.8) is 0 Å². The quantitative estimate of drug-likeness (QED) is 0.885. The molecule has 2 rings (SSSR count). The van der Waals surface area contributed by atoms with Crippen molar-refractivity contribution < 1.29 is 4.79 Å². The summed E-state index contributed by atoms with van der Waals surface area (Å²) in [6, 6.07) is 0. The summed E-state index contributed by atoms with van der Waals surface area (Å²) in [6.45, 7) is 6.28. The molecule has 0 spiro atoms. The summed E-state index contributed by atoms with van der Waals surface area (Å²) < 4.78 is 1.70. The first-order valence-electron chi connectivity index (χ1n) is 6.45. The standard InChI is InChI=1S/C13H18N4O2S/c1-8-7-20-13(19)17(8)6-4-5-11(18)14-12-9(2)10(3)15-16-12/h7H,4-6H2,1-3H3,(H2,14,15,16,18). The Balaban J connectivity index is 1.84. The van der Waals surface area contributed by atoms with E-state index in [1.807, 2.05) is 26.2 Å². The highest BCUT2D eigenvalue weighted by Gasteiger charge is 2.10. The van der Waals surface area contributed by atoms with E-state index >= 15 is 0 Å². The van der Waals surface area contributed by atoms with Gasteiger partial charge in [-0.15, -0.1) is 0 Å². The molecule has 0 aromatic carbocycles. The van der Waals surface area contributed by atoms with Gasteiger partial charge < -0.3 is 9.88 Å². The summed E-state index contributed by atoms with van der Waals surface area (Å²) in [5.74, 6) is 0.497. The van der Waals surface area contributed by atoms with Crippen molar-refractivity contribution in [2.75, 3.05) is 5.32 Å². The van der Waals surface area contributed by atoms with Crippen LogP contribution in [0.25, 0.3) is 0 Å². The molecule has 2 N–H and O–H groups in total. The van der Waals surface area contributed by atoms with Crippen LogP contribution < -0.4 is 10.2 Å². The number of nitrogens with zero attached hydrogens (tertiary/aromatic N) is 2. The number of anilines is 1. The highest BCUT2D eigenvalue weighted by atomic mass is 32.1.